The molecular weight excluding hydrogens is 678 g/mol. The summed E-state index contributed by atoms with van der Waals surface area (Å²) in [6, 6.07) is 0. The van der Waals surface area contributed by atoms with Gasteiger partial charge < -0.3 is 4.74 Å². The monoisotopic (exact) mass is 678 g/mol. The molecule has 0 N–H and O–H groups in total. The van der Waals surface area contributed by atoms with Crippen molar-refractivity contribution in [3.05, 3.63) is 23.7 Å². The maximum absolute atomic E-state index is 13.7. The maximum Gasteiger partial charge on any atom is 0.460 e. The summed E-state index contributed by atoms with van der Waals surface area (Å²) in [5.74, 6) is -79.7. The summed E-state index contributed by atoms with van der Waals surface area (Å²) >= 11 is 0. The Bertz CT molecular complexity index is 945. The van der Waals surface area contributed by atoms with Gasteiger partial charge in [0.1, 0.15) is 0 Å². The van der Waals surface area contributed by atoms with Gasteiger partial charge in [-0.2, -0.15) is 114 Å². The van der Waals surface area contributed by atoms with E-state index in [4.69, 9.17) is 0 Å². The number of alkyl halides is 22. The molecule has 0 spiro atoms. The van der Waals surface area contributed by atoms with E-state index in [1.54, 1.807) is 4.74 Å². The van der Waals surface area contributed by atoms with Crippen molar-refractivity contribution in [3.8, 4) is 0 Å². The highest BCUT2D eigenvalue weighted by atomic mass is 19.4. The lowest BCUT2D eigenvalue weighted by atomic mass is 9.96. The van der Waals surface area contributed by atoms with Crippen molar-refractivity contribution in [2.75, 3.05) is 0 Å². The van der Waals surface area contributed by atoms with Crippen molar-refractivity contribution in [3.63, 3.8) is 0 Å². The Morgan fingerprint density at radius 3 is 0.634 bits per heavy atom. The van der Waals surface area contributed by atoms with Crippen molar-refractivity contribution in [1.82, 2.24) is 0 Å². The molecule has 0 unspecified atom stereocenters. The van der Waals surface area contributed by atoms with Crippen LogP contribution in [0.5, 0.6) is 0 Å². The van der Waals surface area contributed by atoms with E-state index >= 15 is 0 Å². The third kappa shape index (κ3) is 5.39. The van der Waals surface area contributed by atoms with Crippen molar-refractivity contribution < 1.29 is 119 Å². The minimum absolute atomic E-state index is 1.74. The topological polar surface area (TPSA) is 9.23 Å². The van der Waals surface area contributed by atoms with Crippen molar-refractivity contribution >= 4 is 0 Å². The summed E-state index contributed by atoms with van der Waals surface area (Å²) in [6.07, 6.45) is -26.6. The molecule has 0 aromatic rings. The first-order valence-electron chi connectivity index (χ1n) is 8.32. The van der Waals surface area contributed by atoms with Crippen LogP contribution < -0.4 is 0 Å². The van der Waals surface area contributed by atoms with Gasteiger partial charge in [-0.15, -0.1) is 0 Å². The van der Waals surface area contributed by atoms with Crippen LogP contribution in [0.1, 0.15) is 0 Å². The molecule has 0 aliphatic heterocycles. The molecule has 0 aromatic carbocycles. The van der Waals surface area contributed by atoms with Gasteiger partial charge in [0.15, 0.2) is 0 Å². The predicted molar refractivity (Wildman–Crippen MR) is 71.3 cm³/mol. The number of halogens is 26. The lowest BCUT2D eigenvalue weighted by Crippen LogP contribution is -2.67. The van der Waals surface area contributed by atoms with Crippen LogP contribution >= 0.6 is 0 Å². The molecule has 41 heavy (non-hydrogen) atoms. The van der Waals surface area contributed by atoms with Gasteiger partial charge in [-0.3, -0.25) is 0 Å². The third-order valence-electron chi connectivity index (χ3n) is 4.20. The van der Waals surface area contributed by atoms with Crippen LogP contribution in [0.4, 0.5) is 114 Å². The molecule has 244 valence electrons. The Labute approximate surface area is 204 Å². The number of allylic oxidation sites excluding steroid dienone is 2. The summed E-state index contributed by atoms with van der Waals surface area (Å²) in [5.41, 5.74) is 0. The molecule has 0 heterocycles. The second-order valence-corrected chi connectivity index (χ2v) is 6.87. The highest BCUT2D eigenvalue weighted by Crippen LogP contribution is 2.62. The molecule has 27 heteroatoms. The first kappa shape index (κ1) is 38.5. The van der Waals surface area contributed by atoms with Crippen LogP contribution in [0, 0.1) is 0 Å². The van der Waals surface area contributed by atoms with E-state index in [-0.39, 0.29) is 0 Å². The van der Waals surface area contributed by atoms with Gasteiger partial charge in [-0.05, 0) is 0 Å². The van der Waals surface area contributed by atoms with Gasteiger partial charge in [-0.1, -0.05) is 0 Å². The largest absolute Gasteiger partial charge is 0.460 e. The molecule has 0 aliphatic carbocycles. The van der Waals surface area contributed by atoms with Crippen LogP contribution in [0.3, 0.4) is 0 Å². The first-order chi connectivity index (χ1) is 17.4. The maximum atomic E-state index is 13.7. The van der Waals surface area contributed by atoms with E-state index in [0.717, 1.165) is 0 Å². The molecule has 0 fully saturated rings. The van der Waals surface area contributed by atoms with Gasteiger partial charge in [0.05, 0.1) is 0 Å². The second kappa shape index (κ2) is 10.0. The quantitative estimate of drug-likeness (QED) is 0.165. The zero-order valence-corrected chi connectivity index (χ0v) is 17.2. The first-order valence-corrected chi connectivity index (χ1v) is 8.32. The summed E-state index contributed by atoms with van der Waals surface area (Å²) in [5, 5.41) is 0. The van der Waals surface area contributed by atoms with Crippen LogP contribution in [-0.2, 0) is 4.74 Å². The van der Waals surface area contributed by atoms with Gasteiger partial charge in [-0.25, -0.2) is 0 Å². The normalized spacial score (nSPS) is 15.6. The van der Waals surface area contributed by atoms with Crippen LogP contribution in [0.2, 0.25) is 0 Å². The lowest BCUT2D eigenvalue weighted by molar-refractivity contribution is -0.423. The van der Waals surface area contributed by atoms with Crippen molar-refractivity contribution in [2.24, 2.45) is 0 Å². The predicted octanol–water partition coefficient (Wildman–Crippen LogP) is 9.43. The van der Waals surface area contributed by atoms with Crippen LogP contribution in [0.25, 0.3) is 0 Å². The van der Waals surface area contributed by atoms with Crippen molar-refractivity contribution in [1.29, 1.82) is 0 Å². The van der Waals surface area contributed by atoms with Gasteiger partial charge in [0.2, 0.25) is 11.5 Å². The molecule has 1 nitrogen and oxygen atoms in total. The Hall–Kier alpha value is -2.54. The summed E-state index contributed by atoms with van der Waals surface area (Å²) in [6.45, 7) is 0. The molecule has 0 amide bonds. The fraction of sp³-hybridized carbons (Fsp3) is 0.714. The Morgan fingerprint density at radius 2 is 0.488 bits per heavy atom. The lowest BCUT2D eigenvalue weighted by Gasteiger charge is -2.39. The minimum atomic E-state index is -8.79. The zero-order chi connectivity index (χ0) is 34.0. The van der Waals surface area contributed by atoms with Crippen LogP contribution in [0.15, 0.2) is 23.7 Å². The number of hydrogen-bond acceptors (Lipinski definition) is 1. The molecule has 0 saturated heterocycles. The van der Waals surface area contributed by atoms with E-state index in [2.05, 4.69) is 0 Å². The smallest absolute Gasteiger partial charge is 0.442 e. The standard InChI is InChI=1S/C14F26O/c15-3(16)1(5(19,20)7(23,24)9(27,28)11(31,32)13(35,36)37)41-2(4(17)18)6(21,22)8(25,26)10(29,30)12(33,34)14(38,39)40. The highest BCUT2D eigenvalue weighted by Gasteiger charge is 2.90. The zero-order valence-electron chi connectivity index (χ0n) is 17.2. The fourth-order valence-corrected chi connectivity index (χ4v) is 1.97. The molecule has 0 radical (unpaired) electrons. The minimum Gasteiger partial charge on any atom is -0.442 e. The van der Waals surface area contributed by atoms with Crippen molar-refractivity contribution in [2.45, 2.75) is 59.7 Å². The van der Waals surface area contributed by atoms with E-state index < -0.39 is 83.4 Å². The Kier molecular flexibility index (Phi) is 9.41. The van der Waals surface area contributed by atoms with Gasteiger partial charge in [0, 0.05) is 0 Å². The number of ether oxygens (including phenoxy) is 1. The average Bonchev–Trinajstić information content (AvgIpc) is 2.70. The van der Waals surface area contributed by atoms with Gasteiger partial charge >= 0.3 is 71.9 Å². The van der Waals surface area contributed by atoms with E-state index in [9.17, 15) is 114 Å². The SMILES string of the molecule is FC(F)=C(OC(=C(F)F)C(F)(F)C(F)(F)C(F)(F)C(F)(F)C(F)(F)F)C(F)(F)C(F)(F)C(F)(F)C(F)(F)C(F)(F)F. The fourth-order valence-electron chi connectivity index (χ4n) is 1.97. The van der Waals surface area contributed by atoms with E-state index in [1.807, 2.05) is 0 Å². The molecule has 0 saturated carbocycles. The average molecular weight is 678 g/mol. The number of rotatable bonds is 10. The third-order valence-corrected chi connectivity index (χ3v) is 4.20. The molecular formula is C14F26O. The van der Waals surface area contributed by atoms with Crippen LogP contribution in [-0.4, -0.2) is 59.7 Å². The Balaban J connectivity index is 7.31. The molecule has 0 rings (SSSR count). The summed E-state index contributed by atoms with van der Waals surface area (Å²) in [7, 11) is 0. The molecule has 0 aromatic heterocycles. The molecule has 0 atom stereocenters. The van der Waals surface area contributed by atoms with Gasteiger partial charge in [0.25, 0.3) is 0 Å². The second-order valence-electron chi connectivity index (χ2n) is 6.87. The summed E-state index contributed by atoms with van der Waals surface area (Å²) < 4.78 is 337. The highest BCUT2D eigenvalue weighted by molar-refractivity contribution is 5.25. The molecule has 0 bridgehead atoms. The Morgan fingerprint density at radius 1 is 0.293 bits per heavy atom. The number of hydrogen-bond donors (Lipinski definition) is 0. The summed E-state index contributed by atoms with van der Waals surface area (Å²) in [4.78, 5) is 0. The van der Waals surface area contributed by atoms with E-state index in [1.165, 1.54) is 0 Å². The van der Waals surface area contributed by atoms with E-state index in [0.29, 0.717) is 0 Å². The molecule has 0 aliphatic rings.